The van der Waals surface area contributed by atoms with Gasteiger partial charge in [-0.1, -0.05) is 32.4 Å². The molecule has 0 bridgehead atoms. The van der Waals surface area contributed by atoms with Crippen molar-refractivity contribution in [3.05, 3.63) is 35.8 Å². The molecule has 3 nitrogen and oxygen atoms in total. The van der Waals surface area contributed by atoms with E-state index in [0.717, 1.165) is 29.7 Å². The third-order valence-corrected chi connectivity index (χ3v) is 3.54. The summed E-state index contributed by atoms with van der Waals surface area (Å²) in [6, 6.07) is 6.41. The van der Waals surface area contributed by atoms with Crippen molar-refractivity contribution < 1.29 is 4.39 Å². The Hall–Kier alpha value is -1.84. The zero-order valence-corrected chi connectivity index (χ0v) is 11.7. The number of rotatable bonds is 4. The maximum absolute atomic E-state index is 13.0. The van der Waals surface area contributed by atoms with Gasteiger partial charge in [0.1, 0.15) is 11.6 Å². The molecule has 0 aliphatic rings. The average molecular weight is 261 g/mol. The van der Waals surface area contributed by atoms with Gasteiger partial charge in [-0.15, -0.1) is 0 Å². The fourth-order valence-corrected chi connectivity index (χ4v) is 2.14. The van der Waals surface area contributed by atoms with Crippen molar-refractivity contribution in [3.63, 3.8) is 0 Å². The molecule has 0 fully saturated rings. The number of nitrogens with zero attached hydrogens (tertiary/aromatic N) is 2. The van der Waals surface area contributed by atoms with Gasteiger partial charge in [0.2, 0.25) is 0 Å². The molecule has 0 saturated heterocycles. The second-order valence-electron chi connectivity index (χ2n) is 5.05. The number of anilines is 1. The second kappa shape index (κ2) is 5.43. The first-order valence-corrected chi connectivity index (χ1v) is 6.60. The van der Waals surface area contributed by atoms with E-state index < -0.39 is 0 Å². The van der Waals surface area contributed by atoms with E-state index in [0.29, 0.717) is 11.7 Å². The molecule has 0 amide bonds. The second-order valence-corrected chi connectivity index (χ2v) is 5.05. The van der Waals surface area contributed by atoms with Crippen molar-refractivity contribution in [2.24, 2.45) is 13.0 Å². The van der Waals surface area contributed by atoms with E-state index in [1.165, 1.54) is 12.1 Å². The zero-order chi connectivity index (χ0) is 14.0. The minimum Gasteiger partial charge on any atom is -0.383 e. The van der Waals surface area contributed by atoms with Crippen LogP contribution in [0.5, 0.6) is 0 Å². The largest absolute Gasteiger partial charge is 0.383 e. The molecule has 1 atom stereocenters. The standard InChI is InChI=1S/C15H20FN3/c1-4-10(2)9-13-14(15(17)19(3)18-13)11-5-7-12(16)8-6-11/h5-8,10H,4,9,17H2,1-3H3. The van der Waals surface area contributed by atoms with Gasteiger partial charge in [-0.05, 0) is 30.0 Å². The van der Waals surface area contributed by atoms with Gasteiger partial charge in [0.05, 0.1) is 5.69 Å². The quantitative estimate of drug-likeness (QED) is 0.916. The average Bonchev–Trinajstić information content (AvgIpc) is 2.66. The van der Waals surface area contributed by atoms with Crippen LogP contribution in [0.4, 0.5) is 10.2 Å². The monoisotopic (exact) mass is 261 g/mol. The number of nitrogens with two attached hydrogens (primary N) is 1. The van der Waals surface area contributed by atoms with Crippen molar-refractivity contribution in [2.75, 3.05) is 5.73 Å². The van der Waals surface area contributed by atoms with Crippen molar-refractivity contribution >= 4 is 5.82 Å². The summed E-state index contributed by atoms with van der Waals surface area (Å²) in [5.41, 5.74) is 8.94. The molecule has 0 aliphatic carbocycles. The number of aromatic nitrogens is 2. The van der Waals surface area contributed by atoms with E-state index in [-0.39, 0.29) is 5.82 Å². The highest BCUT2D eigenvalue weighted by molar-refractivity contribution is 5.76. The molecule has 1 aromatic carbocycles. The van der Waals surface area contributed by atoms with Crippen LogP contribution in [0.3, 0.4) is 0 Å². The summed E-state index contributed by atoms with van der Waals surface area (Å²) in [5, 5.41) is 4.49. The molecule has 2 N–H and O–H groups in total. The molecule has 1 unspecified atom stereocenters. The van der Waals surface area contributed by atoms with Crippen molar-refractivity contribution in [3.8, 4) is 11.1 Å². The number of halogens is 1. The molecular weight excluding hydrogens is 241 g/mol. The third-order valence-electron chi connectivity index (χ3n) is 3.54. The van der Waals surface area contributed by atoms with Crippen molar-refractivity contribution in [1.29, 1.82) is 0 Å². The van der Waals surface area contributed by atoms with Gasteiger partial charge in [-0.25, -0.2) is 4.39 Å². The van der Waals surface area contributed by atoms with Crippen LogP contribution < -0.4 is 5.73 Å². The van der Waals surface area contributed by atoms with Crippen LogP contribution in [0.15, 0.2) is 24.3 Å². The number of hydrogen-bond donors (Lipinski definition) is 1. The fraction of sp³-hybridized carbons (Fsp3) is 0.400. The smallest absolute Gasteiger partial charge is 0.129 e. The van der Waals surface area contributed by atoms with Crippen LogP contribution in [0.2, 0.25) is 0 Å². The molecule has 4 heteroatoms. The molecule has 0 aliphatic heterocycles. The highest BCUT2D eigenvalue weighted by Gasteiger charge is 2.17. The maximum Gasteiger partial charge on any atom is 0.129 e. The first-order chi connectivity index (χ1) is 9.02. The SMILES string of the molecule is CCC(C)Cc1nn(C)c(N)c1-c1ccc(F)cc1. The Balaban J connectivity index is 2.45. The van der Waals surface area contributed by atoms with E-state index in [2.05, 4.69) is 18.9 Å². The minimum absolute atomic E-state index is 0.241. The van der Waals surface area contributed by atoms with E-state index in [9.17, 15) is 4.39 Å². The zero-order valence-electron chi connectivity index (χ0n) is 11.7. The predicted octanol–water partition coefficient (Wildman–Crippen LogP) is 3.40. The highest BCUT2D eigenvalue weighted by atomic mass is 19.1. The van der Waals surface area contributed by atoms with Gasteiger partial charge in [-0.2, -0.15) is 5.10 Å². The molecule has 19 heavy (non-hydrogen) atoms. The lowest BCUT2D eigenvalue weighted by molar-refractivity contribution is 0.547. The van der Waals surface area contributed by atoms with Gasteiger partial charge in [0, 0.05) is 12.6 Å². The minimum atomic E-state index is -0.241. The van der Waals surface area contributed by atoms with Crippen LogP contribution in [-0.2, 0) is 13.5 Å². The Bertz CT molecular complexity index is 558. The summed E-state index contributed by atoms with van der Waals surface area (Å²) in [5.74, 6) is 0.938. The molecule has 102 valence electrons. The number of nitrogen functional groups attached to an aromatic ring is 1. The van der Waals surface area contributed by atoms with Crippen LogP contribution >= 0.6 is 0 Å². The topological polar surface area (TPSA) is 43.8 Å². The Morgan fingerprint density at radius 2 is 1.95 bits per heavy atom. The lowest BCUT2D eigenvalue weighted by atomic mass is 9.97. The molecule has 1 aromatic heterocycles. The van der Waals surface area contributed by atoms with Crippen molar-refractivity contribution in [1.82, 2.24) is 9.78 Å². The summed E-state index contributed by atoms with van der Waals surface area (Å²) in [6.45, 7) is 4.36. The lowest BCUT2D eigenvalue weighted by Gasteiger charge is -2.08. The Morgan fingerprint density at radius 3 is 2.53 bits per heavy atom. The molecule has 0 radical (unpaired) electrons. The Kier molecular flexibility index (Phi) is 3.88. The van der Waals surface area contributed by atoms with Crippen molar-refractivity contribution in [2.45, 2.75) is 26.7 Å². The summed E-state index contributed by atoms with van der Waals surface area (Å²) >= 11 is 0. The van der Waals surface area contributed by atoms with E-state index >= 15 is 0 Å². The van der Waals surface area contributed by atoms with Gasteiger partial charge >= 0.3 is 0 Å². The van der Waals surface area contributed by atoms with Crippen LogP contribution in [0.1, 0.15) is 26.0 Å². The third kappa shape index (κ3) is 2.78. The summed E-state index contributed by atoms with van der Waals surface area (Å²) < 4.78 is 14.7. The normalized spacial score (nSPS) is 12.6. The molecule has 0 saturated carbocycles. The number of hydrogen-bond acceptors (Lipinski definition) is 2. The van der Waals surface area contributed by atoms with Gasteiger partial charge in [0.25, 0.3) is 0 Å². The molecule has 0 spiro atoms. The van der Waals surface area contributed by atoms with E-state index in [4.69, 9.17) is 5.73 Å². The van der Waals surface area contributed by atoms with E-state index in [1.807, 2.05) is 7.05 Å². The predicted molar refractivity (Wildman–Crippen MR) is 76.2 cm³/mol. The first kappa shape index (κ1) is 13.6. The van der Waals surface area contributed by atoms with Gasteiger partial charge in [-0.3, -0.25) is 4.68 Å². The maximum atomic E-state index is 13.0. The Labute approximate surface area is 113 Å². The number of aryl methyl sites for hydroxylation is 1. The molecule has 1 heterocycles. The van der Waals surface area contributed by atoms with Gasteiger partial charge in [0.15, 0.2) is 0 Å². The molecule has 2 rings (SSSR count). The first-order valence-electron chi connectivity index (χ1n) is 6.60. The Morgan fingerprint density at radius 1 is 1.32 bits per heavy atom. The highest BCUT2D eigenvalue weighted by Crippen LogP contribution is 2.31. The molecule has 2 aromatic rings. The van der Waals surface area contributed by atoms with Crippen LogP contribution in [-0.4, -0.2) is 9.78 Å². The fourth-order valence-electron chi connectivity index (χ4n) is 2.14. The molecular formula is C15H20FN3. The van der Waals surface area contributed by atoms with Gasteiger partial charge < -0.3 is 5.73 Å². The van der Waals surface area contributed by atoms with E-state index in [1.54, 1.807) is 16.8 Å². The summed E-state index contributed by atoms with van der Waals surface area (Å²) in [6.07, 6.45) is 1.98. The summed E-state index contributed by atoms with van der Waals surface area (Å²) in [7, 11) is 1.84. The van der Waals surface area contributed by atoms with Crippen LogP contribution in [0.25, 0.3) is 11.1 Å². The number of benzene rings is 1. The summed E-state index contributed by atoms with van der Waals surface area (Å²) in [4.78, 5) is 0. The van der Waals surface area contributed by atoms with Crippen LogP contribution in [0, 0.1) is 11.7 Å². The lowest BCUT2D eigenvalue weighted by Crippen LogP contribution is -2.00.